The Labute approximate surface area is 270 Å². The molecule has 0 unspecified atom stereocenters. The number of rotatable bonds is 6. The van der Waals surface area contributed by atoms with Gasteiger partial charge in [-0.15, -0.1) is 12.4 Å². The molecule has 1 amide bonds. The van der Waals surface area contributed by atoms with E-state index in [0.717, 1.165) is 61.0 Å². The van der Waals surface area contributed by atoms with Gasteiger partial charge in [-0.1, -0.05) is 71.9 Å². The molecule has 1 saturated heterocycles. The summed E-state index contributed by atoms with van der Waals surface area (Å²) >= 11 is 8.03. The molecule has 0 aromatic heterocycles. The van der Waals surface area contributed by atoms with Gasteiger partial charge in [-0.25, -0.2) is 0 Å². The van der Waals surface area contributed by atoms with Crippen LogP contribution in [-0.2, 0) is 4.79 Å². The molecule has 3 aliphatic rings. The average molecular weight is 638 g/mol. The largest absolute Gasteiger partial charge is 0.454 e. The molecule has 1 fully saturated rings. The van der Waals surface area contributed by atoms with Gasteiger partial charge >= 0.3 is 0 Å². The van der Waals surface area contributed by atoms with E-state index >= 15 is 0 Å². The number of allylic oxidation sites excluding steroid dienone is 2. The third-order valence-corrected chi connectivity index (χ3v) is 8.64. The summed E-state index contributed by atoms with van der Waals surface area (Å²) in [6.45, 7) is 3.10. The first-order chi connectivity index (χ1) is 20.5. The van der Waals surface area contributed by atoms with Gasteiger partial charge in [-0.2, -0.15) is 0 Å². The van der Waals surface area contributed by atoms with Crippen LogP contribution >= 0.6 is 35.8 Å². The molecule has 0 saturated carbocycles. The lowest BCUT2D eigenvalue weighted by atomic mass is 9.96. The van der Waals surface area contributed by atoms with E-state index in [2.05, 4.69) is 61.5 Å². The van der Waals surface area contributed by atoms with Crippen molar-refractivity contribution < 1.29 is 14.3 Å². The molecule has 8 heteroatoms. The molecule has 0 N–H and O–H groups in total. The van der Waals surface area contributed by atoms with Crippen LogP contribution in [0.2, 0.25) is 5.02 Å². The smallest absolute Gasteiger partial charge is 0.246 e. The maximum atomic E-state index is 11.9. The number of amides is 1. The molecule has 0 spiro atoms. The van der Waals surface area contributed by atoms with Gasteiger partial charge in [0.1, 0.15) is 0 Å². The van der Waals surface area contributed by atoms with E-state index in [4.69, 9.17) is 21.1 Å². The van der Waals surface area contributed by atoms with Crippen LogP contribution in [0.25, 0.3) is 11.6 Å². The Balaban J connectivity index is 0.000000192. The van der Waals surface area contributed by atoms with Crippen molar-refractivity contribution in [2.45, 2.75) is 35.5 Å². The number of carbonyl (C=O) groups excluding carboxylic acids is 1. The summed E-state index contributed by atoms with van der Waals surface area (Å²) in [6.07, 6.45) is 14.1. The second kappa shape index (κ2) is 16.1. The van der Waals surface area contributed by atoms with Crippen LogP contribution in [0.5, 0.6) is 11.5 Å². The zero-order valence-electron chi connectivity index (χ0n) is 24.6. The first kappa shape index (κ1) is 32.7. The SMILES string of the molecule is CN(C)CCC=C1c2ccccc2Sc2ccc(Cl)cc21.Cl.O=C(C=CC=Cc1ccc2c(c1)OCO2)N1CCCCC1. The highest BCUT2D eigenvalue weighted by molar-refractivity contribution is 7.99. The van der Waals surface area contributed by atoms with Gasteiger partial charge < -0.3 is 19.3 Å². The Morgan fingerprint density at radius 2 is 1.70 bits per heavy atom. The number of piperidine rings is 1. The lowest BCUT2D eigenvalue weighted by Gasteiger charge is -2.25. The number of fused-ring (bicyclic) bond motifs is 3. The second-order valence-electron chi connectivity index (χ2n) is 10.7. The molecule has 3 aromatic carbocycles. The second-order valence-corrected chi connectivity index (χ2v) is 12.2. The van der Waals surface area contributed by atoms with Crippen molar-refractivity contribution in [1.82, 2.24) is 9.80 Å². The molecule has 0 atom stereocenters. The first-order valence-electron chi connectivity index (χ1n) is 14.4. The minimum atomic E-state index is 0. The van der Waals surface area contributed by atoms with Crippen molar-refractivity contribution in [1.29, 1.82) is 0 Å². The molecule has 5 nitrogen and oxygen atoms in total. The molecule has 3 heterocycles. The molecule has 6 rings (SSSR count). The predicted octanol–water partition coefficient (Wildman–Crippen LogP) is 8.61. The zero-order chi connectivity index (χ0) is 29.3. The Kier molecular flexibility index (Phi) is 12.2. The van der Waals surface area contributed by atoms with E-state index in [9.17, 15) is 4.79 Å². The number of hydrogen-bond acceptors (Lipinski definition) is 5. The minimum absolute atomic E-state index is 0. The highest BCUT2D eigenvalue weighted by Crippen LogP contribution is 2.46. The van der Waals surface area contributed by atoms with E-state index in [0.29, 0.717) is 0 Å². The van der Waals surface area contributed by atoms with Crippen molar-refractivity contribution in [3.63, 3.8) is 0 Å². The molecule has 226 valence electrons. The van der Waals surface area contributed by atoms with Gasteiger partial charge in [0.25, 0.3) is 0 Å². The van der Waals surface area contributed by atoms with Gasteiger partial charge in [-0.3, -0.25) is 4.79 Å². The molecule has 0 aliphatic carbocycles. The molecular formula is C35H38Cl2N2O3S. The third kappa shape index (κ3) is 8.93. The van der Waals surface area contributed by atoms with Crippen LogP contribution in [0.3, 0.4) is 0 Å². The summed E-state index contributed by atoms with van der Waals surface area (Å²) in [7, 11) is 4.21. The highest BCUT2D eigenvalue weighted by Gasteiger charge is 2.20. The monoisotopic (exact) mass is 636 g/mol. The fourth-order valence-corrected chi connectivity index (χ4v) is 6.33. The standard InChI is InChI=1S/C18H18ClNS.C17H19NO3.ClH/c1-20(2)11-5-7-14-15-6-3-4-8-17(15)21-18-10-9-13(19)12-16(14)18;19-17(18-10-4-1-5-11-18)7-3-2-6-14-8-9-15-16(12-14)21-13-20-15;/h3-4,6-10,12H,5,11H2,1-2H3;2-3,6-9,12H,1,4-5,10-11,13H2;1H. The topological polar surface area (TPSA) is 42.0 Å². The number of carbonyl (C=O) groups is 1. The number of hydrogen-bond donors (Lipinski definition) is 0. The molecule has 43 heavy (non-hydrogen) atoms. The lowest BCUT2D eigenvalue weighted by molar-refractivity contribution is -0.126. The summed E-state index contributed by atoms with van der Waals surface area (Å²) < 4.78 is 10.6. The molecule has 0 bridgehead atoms. The van der Waals surface area contributed by atoms with Gasteiger partial charge in [0, 0.05) is 40.5 Å². The van der Waals surface area contributed by atoms with Crippen molar-refractivity contribution in [2.75, 3.05) is 40.5 Å². The number of benzene rings is 3. The maximum absolute atomic E-state index is 11.9. The molecule has 3 aliphatic heterocycles. The van der Waals surface area contributed by atoms with E-state index < -0.39 is 0 Å². The third-order valence-electron chi connectivity index (χ3n) is 7.26. The Hall–Kier alpha value is -3.16. The summed E-state index contributed by atoms with van der Waals surface area (Å²) in [5, 5.41) is 0.798. The molecular weight excluding hydrogens is 599 g/mol. The number of ether oxygens (including phenoxy) is 2. The molecule has 3 aromatic rings. The molecule has 0 radical (unpaired) electrons. The number of likely N-dealkylation sites (tertiary alicyclic amines) is 1. The fraction of sp³-hybridized carbons (Fsp3) is 0.286. The fourth-order valence-electron chi connectivity index (χ4n) is 5.07. The Morgan fingerprint density at radius 1 is 0.930 bits per heavy atom. The number of nitrogens with zero attached hydrogens (tertiary/aromatic N) is 2. The van der Waals surface area contributed by atoms with E-state index in [1.807, 2.05) is 53.1 Å². The minimum Gasteiger partial charge on any atom is -0.454 e. The quantitative estimate of drug-likeness (QED) is 0.157. The van der Waals surface area contributed by atoms with Gasteiger partial charge in [0.05, 0.1) is 0 Å². The van der Waals surface area contributed by atoms with Crippen molar-refractivity contribution >= 4 is 53.3 Å². The Bertz CT molecular complexity index is 1500. The van der Waals surface area contributed by atoms with Crippen molar-refractivity contribution in [3.05, 3.63) is 107 Å². The van der Waals surface area contributed by atoms with Gasteiger partial charge in [-0.05, 0) is 98.4 Å². The van der Waals surface area contributed by atoms with Crippen LogP contribution in [0.1, 0.15) is 42.4 Å². The first-order valence-corrected chi connectivity index (χ1v) is 15.6. The van der Waals surface area contributed by atoms with Crippen LogP contribution in [0, 0.1) is 0 Å². The van der Waals surface area contributed by atoms with Crippen LogP contribution in [-0.4, -0.2) is 56.2 Å². The van der Waals surface area contributed by atoms with Crippen LogP contribution in [0.4, 0.5) is 0 Å². The summed E-state index contributed by atoms with van der Waals surface area (Å²) in [5.41, 5.74) is 4.90. The highest BCUT2D eigenvalue weighted by atomic mass is 35.5. The maximum Gasteiger partial charge on any atom is 0.246 e. The van der Waals surface area contributed by atoms with E-state index in [-0.39, 0.29) is 25.1 Å². The average Bonchev–Trinajstić information content (AvgIpc) is 3.48. The van der Waals surface area contributed by atoms with Crippen LogP contribution < -0.4 is 9.47 Å². The van der Waals surface area contributed by atoms with Gasteiger partial charge in [0.15, 0.2) is 11.5 Å². The van der Waals surface area contributed by atoms with E-state index in [1.165, 1.54) is 32.9 Å². The van der Waals surface area contributed by atoms with Gasteiger partial charge in [0.2, 0.25) is 12.7 Å². The van der Waals surface area contributed by atoms with E-state index in [1.54, 1.807) is 12.2 Å². The lowest BCUT2D eigenvalue weighted by Crippen LogP contribution is -2.34. The normalized spacial score (nSPS) is 16.1. The zero-order valence-corrected chi connectivity index (χ0v) is 27.0. The number of halogens is 2. The Morgan fingerprint density at radius 3 is 2.51 bits per heavy atom. The summed E-state index contributed by atoms with van der Waals surface area (Å²) in [5.74, 6) is 1.65. The van der Waals surface area contributed by atoms with Crippen molar-refractivity contribution in [2.24, 2.45) is 0 Å². The van der Waals surface area contributed by atoms with Crippen LogP contribution in [0.15, 0.2) is 94.8 Å². The van der Waals surface area contributed by atoms with Crippen molar-refractivity contribution in [3.8, 4) is 11.5 Å². The summed E-state index contributed by atoms with van der Waals surface area (Å²) in [4.78, 5) is 18.7. The predicted molar refractivity (Wildman–Crippen MR) is 181 cm³/mol. The summed E-state index contributed by atoms with van der Waals surface area (Å²) in [6, 6.07) is 20.6.